The maximum absolute atomic E-state index is 11.5. The van der Waals surface area contributed by atoms with Crippen LogP contribution in [0.2, 0.25) is 10.0 Å². The van der Waals surface area contributed by atoms with Gasteiger partial charge in [-0.15, -0.1) is 0 Å². The normalized spacial score (nSPS) is 12.0. The summed E-state index contributed by atoms with van der Waals surface area (Å²) in [7, 11) is 0. The highest BCUT2D eigenvalue weighted by molar-refractivity contribution is 6.34. The Bertz CT molecular complexity index is 396. The molecule has 1 rings (SSSR count). The Hall–Kier alpha value is -0.930. The molecule has 0 saturated heterocycles. The first-order valence-electron chi connectivity index (χ1n) is 5.40. The summed E-state index contributed by atoms with van der Waals surface area (Å²) in [4.78, 5) is 11.5. The lowest BCUT2D eigenvalue weighted by atomic mass is 10.2. The predicted octanol–water partition coefficient (Wildman–Crippen LogP) is 3.29. The van der Waals surface area contributed by atoms with Crippen LogP contribution in [0.1, 0.15) is 20.3 Å². The summed E-state index contributed by atoms with van der Waals surface area (Å²) in [6, 6.07) is 5.02. The minimum Gasteiger partial charge on any atom is -0.482 e. The Kier molecular flexibility index (Phi) is 5.59. The molecule has 0 fully saturated rings. The second-order valence-corrected chi connectivity index (χ2v) is 4.58. The topological polar surface area (TPSA) is 38.3 Å². The molecule has 1 aromatic rings. The number of hydrogen-bond donors (Lipinski definition) is 1. The molecule has 17 heavy (non-hydrogen) atoms. The SMILES string of the molecule is CCC(C)NC(=O)COc1cc(Cl)ccc1Cl. The second-order valence-electron chi connectivity index (χ2n) is 3.74. The van der Waals surface area contributed by atoms with E-state index in [0.717, 1.165) is 6.42 Å². The predicted molar refractivity (Wildman–Crippen MR) is 69.9 cm³/mol. The Balaban J connectivity index is 2.50. The average Bonchev–Trinajstić information content (AvgIpc) is 2.30. The van der Waals surface area contributed by atoms with Gasteiger partial charge in [0.15, 0.2) is 6.61 Å². The zero-order chi connectivity index (χ0) is 12.8. The van der Waals surface area contributed by atoms with Crippen molar-refractivity contribution in [3.8, 4) is 5.75 Å². The summed E-state index contributed by atoms with van der Waals surface area (Å²) in [5, 5.41) is 3.75. The van der Waals surface area contributed by atoms with Crippen molar-refractivity contribution in [1.82, 2.24) is 5.32 Å². The third-order valence-electron chi connectivity index (χ3n) is 2.27. The molecule has 0 aliphatic heterocycles. The maximum Gasteiger partial charge on any atom is 0.258 e. The van der Waals surface area contributed by atoms with E-state index in [2.05, 4.69) is 5.32 Å². The van der Waals surface area contributed by atoms with Gasteiger partial charge in [-0.1, -0.05) is 30.1 Å². The molecule has 94 valence electrons. The third-order valence-corrected chi connectivity index (χ3v) is 2.82. The van der Waals surface area contributed by atoms with Gasteiger partial charge in [0.05, 0.1) is 5.02 Å². The Labute approximate surface area is 111 Å². The molecule has 1 unspecified atom stereocenters. The third kappa shape index (κ3) is 4.84. The number of halogens is 2. The van der Waals surface area contributed by atoms with Crippen LogP contribution in [0.15, 0.2) is 18.2 Å². The molecule has 0 heterocycles. The number of hydrogen-bond acceptors (Lipinski definition) is 2. The Morgan fingerprint density at radius 1 is 1.47 bits per heavy atom. The standard InChI is InChI=1S/C12H15Cl2NO2/c1-3-8(2)15-12(16)7-17-11-6-9(13)4-5-10(11)14/h4-6,8H,3,7H2,1-2H3,(H,15,16). The van der Waals surface area contributed by atoms with Crippen molar-refractivity contribution < 1.29 is 9.53 Å². The molecule has 1 amide bonds. The monoisotopic (exact) mass is 275 g/mol. The number of nitrogens with one attached hydrogen (secondary N) is 1. The van der Waals surface area contributed by atoms with E-state index in [1.54, 1.807) is 18.2 Å². The van der Waals surface area contributed by atoms with Gasteiger partial charge in [0.1, 0.15) is 5.75 Å². The number of benzene rings is 1. The summed E-state index contributed by atoms with van der Waals surface area (Å²) in [5.74, 6) is 0.244. The number of rotatable bonds is 5. The van der Waals surface area contributed by atoms with Crippen LogP contribution in [0.25, 0.3) is 0 Å². The molecule has 1 atom stereocenters. The molecule has 0 aliphatic carbocycles. The Morgan fingerprint density at radius 3 is 2.82 bits per heavy atom. The van der Waals surface area contributed by atoms with Crippen LogP contribution in [0.3, 0.4) is 0 Å². The molecule has 0 aliphatic rings. The largest absolute Gasteiger partial charge is 0.482 e. The Morgan fingerprint density at radius 2 is 2.18 bits per heavy atom. The van der Waals surface area contributed by atoms with Crippen LogP contribution in [-0.4, -0.2) is 18.6 Å². The van der Waals surface area contributed by atoms with E-state index < -0.39 is 0 Å². The molecular weight excluding hydrogens is 261 g/mol. The highest BCUT2D eigenvalue weighted by Gasteiger charge is 2.08. The van der Waals surface area contributed by atoms with Crippen LogP contribution in [0.4, 0.5) is 0 Å². The lowest BCUT2D eigenvalue weighted by Gasteiger charge is -2.12. The second kappa shape index (κ2) is 6.72. The van der Waals surface area contributed by atoms with E-state index in [1.807, 2.05) is 13.8 Å². The van der Waals surface area contributed by atoms with E-state index >= 15 is 0 Å². The van der Waals surface area contributed by atoms with E-state index in [-0.39, 0.29) is 18.6 Å². The van der Waals surface area contributed by atoms with Crippen molar-refractivity contribution in [3.05, 3.63) is 28.2 Å². The summed E-state index contributed by atoms with van der Waals surface area (Å²) >= 11 is 11.7. The summed E-state index contributed by atoms with van der Waals surface area (Å²) < 4.78 is 5.30. The fraction of sp³-hybridized carbons (Fsp3) is 0.417. The summed E-state index contributed by atoms with van der Waals surface area (Å²) in [6.07, 6.45) is 0.879. The molecule has 0 bridgehead atoms. The van der Waals surface area contributed by atoms with Crippen molar-refractivity contribution in [2.75, 3.05) is 6.61 Å². The van der Waals surface area contributed by atoms with Crippen molar-refractivity contribution >= 4 is 29.1 Å². The van der Waals surface area contributed by atoms with Crippen LogP contribution >= 0.6 is 23.2 Å². The van der Waals surface area contributed by atoms with E-state index in [1.165, 1.54) is 0 Å². The number of ether oxygens (including phenoxy) is 1. The fourth-order valence-electron chi connectivity index (χ4n) is 1.15. The zero-order valence-corrected chi connectivity index (χ0v) is 11.3. The van der Waals surface area contributed by atoms with E-state index in [4.69, 9.17) is 27.9 Å². The first kappa shape index (κ1) is 14.1. The fourth-order valence-corrected chi connectivity index (χ4v) is 1.48. The van der Waals surface area contributed by atoms with Gasteiger partial charge >= 0.3 is 0 Å². The van der Waals surface area contributed by atoms with E-state index in [0.29, 0.717) is 15.8 Å². The van der Waals surface area contributed by atoms with Gasteiger partial charge < -0.3 is 10.1 Å². The molecule has 1 aromatic carbocycles. The quantitative estimate of drug-likeness (QED) is 0.896. The van der Waals surface area contributed by atoms with Crippen LogP contribution < -0.4 is 10.1 Å². The van der Waals surface area contributed by atoms with Crippen LogP contribution in [-0.2, 0) is 4.79 Å². The van der Waals surface area contributed by atoms with Crippen LogP contribution in [0.5, 0.6) is 5.75 Å². The zero-order valence-electron chi connectivity index (χ0n) is 9.80. The van der Waals surface area contributed by atoms with E-state index in [9.17, 15) is 4.79 Å². The average molecular weight is 276 g/mol. The molecule has 0 saturated carbocycles. The van der Waals surface area contributed by atoms with Gasteiger partial charge in [-0.25, -0.2) is 0 Å². The first-order chi connectivity index (χ1) is 8.02. The summed E-state index contributed by atoms with van der Waals surface area (Å²) in [6.45, 7) is 3.87. The van der Waals surface area contributed by atoms with Gasteiger partial charge in [0.2, 0.25) is 0 Å². The molecule has 0 aromatic heterocycles. The maximum atomic E-state index is 11.5. The van der Waals surface area contributed by atoms with Crippen molar-refractivity contribution in [2.45, 2.75) is 26.3 Å². The number of carbonyl (C=O) groups is 1. The van der Waals surface area contributed by atoms with Crippen LogP contribution in [0, 0.1) is 0 Å². The number of amides is 1. The van der Waals surface area contributed by atoms with Gasteiger partial charge in [0, 0.05) is 17.1 Å². The molecule has 0 spiro atoms. The molecule has 1 N–H and O–H groups in total. The van der Waals surface area contributed by atoms with Crippen molar-refractivity contribution in [2.24, 2.45) is 0 Å². The minimum absolute atomic E-state index is 0.0651. The smallest absolute Gasteiger partial charge is 0.258 e. The first-order valence-corrected chi connectivity index (χ1v) is 6.15. The molecule has 3 nitrogen and oxygen atoms in total. The highest BCUT2D eigenvalue weighted by Crippen LogP contribution is 2.27. The molecule has 5 heteroatoms. The number of carbonyl (C=O) groups excluding carboxylic acids is 1. The lowest BCUT2D eigenvalue weighted by Crippen LogP contribution is -2.35. The lowest BCUT2D eigenvalue weighted by molar-refractivity contribution is -0.123. The van der Waals surface area contributed by atoms with Crippen molar-refractivity contribution in [1.29, 1.82) is 0 Å². The van der Waals surface area contributed by atoms with Gasteiger partial charge in [-0.2, -0.15) is 0 Å². The van der Waals surface area contributed by atoms with Gasteiger partial charge in [0.25, 0.3) is 5.91 Å². The summed E-state index contributed by atoms with van der Waals surface area (Å²) in [5.41, 5.74) is 0. The van der Waals surface area contributed by atoms with Gasteiger partial charge in [-0.3, -0.25) is 4.79 Å². The molecular formula is C12H15Cl2NO2. The highest BCUT2D eigenvalue weighted by atomic mass is 35.5. The minimum atomic E-state index is -0.171. The molecule has 0 radical (unpaired) electrons. The van der Waals surface area contributed by atoms with Gasteiger partial charge in [-0.05, 0) is 25.5 Å². The van der Waals surface area contributed by atoms with Crippen molar-refractivity contribution in [3.63, 3.8) is 0 Å².